The van der Waals surface area contributed by atoms with Crippen LogP contribution < -0.4 is 5.32 Å². The molecule has 0 spiro atoms. The Bertz CT molecular complexity index is 183. The average molecular weight is 143 g/mol. The van der Waals surface area contributed by atoms with Gasteiger partial charge in [0.15, 0.2) is 0 Å². The second-order valence-electron chi connectivity index (χ2n) is 1.75. The fourth-order valence-electron chi connectivity index (χ4n) is 0.331. The Morgan fingerprint density at radius 3 is 2.30 bits per heavy atom. The summed E-state index contributed by atoms with van der Waals surface area (Å²) in [5.74, 6) is -1.48. The van der Waals surface area contributed by atoms with E-state index in [1.807, 2.05) is 0 Å². The zero-order chi connectivity index (χ0) is 8.15. The summed E-state index contributed by atoms with van der Waals surface area (Å²) >= 11 is 0. The van der Waals surface area contributed by atoms with E-state index >= 15 is 0 Å². The highest BCUT2D eigenvalue weighted by atomic mass is 16.4. The normalized spacial score (nSPS) is 10.8. The molecule has 0 aliphatic rings. The van der Waals surface area contributed by atoms with Crippen molar-refractivity contribution in [1.82, 2.24) is 5.32 Å². The second kappa shape index (κ2) is 3.66. The molecular weight excluding hydrogens is 134 g/mol. The highest BCUT2D eigenvalue weighted by Crippen LogP contribution is 1.89. The molecule has 0 aliphatic heterocycles. The molecule has 0 rings (SSSR count). The van der Waals surface area contributed by atoms with Gasteiger partial charge in [-0.2, -0.15) is 0 Å². The maximum Gasteiger partial charge on any atom is 0.331 e. The highest BCUT2D eigenvalue weighted by molar-refractivity contribution is 5.97. The number of likely N-dealkylation sites (N-methyl/N-ethyl adjacent to an activating group) is 1. The number of rotatable bonds is 2. The number of amides is 1. The Hall–Kier alpha value is -1.32. The maximum atomic E-state index is 10.5. The van der Waals surface area contributed by atoms with Crippen molar-refractivity contribution in [1.29, 1.82) is 0 Å². The first kappa shape index (κ1) is 8.68. The lowest BCUT2D eigenvalue weighted by Crippen LogP contribution is -2.16. The van der Waals surface area contributed by atoms with Gasteiger partial charge in [-0.1, -0.05) is 0 Å². The van der Waals surface area contributed by atoms with Crippen molar-refractivity contribution < 1.29 is 14.7 Å². The van der Waals surface area contributed by atoms with Gasteiger partial charge >= 0.3 is 5.97 Å². The van der Waals surface area contributed by atoms with Crippen LogP contribution in [0.5, 0.6) is 0 Å². The van der Waals surface area contributed by atoms with E-state index in [1.54, 1.807) is 0 Å². The van der Waals surface area contributed by atoms with Gasteiger partial charge < -0.3 is 10.4 Å². The number of carbonyl (C=O) groups excluding carboxylic acids is 1. The van der Waals surface area contributed by atoms with Gasteiger partial charge in [0.05, 0.1) is 0 Å². The third-order valence-electron chi connectivity index (χ3n) is 0.931. The van der Waals surface area contributed by atoms with E-state index < -0.39 is 11.9 Å². The van der Waals surface area contributed by atoms with Gasteiger partial charge in [0, 0.05) is 18.7 Å². The molecule has 10 heavy (non-hydrogen) atoms. The van der Waals surface area contributed by atoms with Crippen LogP contribution in [-0.2, 0) is 9.59 Å². The fourth-order valence-corrected chi connectivity index (χ4v) is 0.331. The molecule has 0 radical (unpaired) electrons. The first-order valence-corrected chi connectivity index (χ1v) is 2.71. The van der Waals surface area contributed by atoms with E-state index in [9.17, 15) is 9.59 Å². The van der Waals surface area contributed by atoms with Crippen molar-refractivity contribution in [2.45, 2.75) is 6.92 Å². The lowest BCUT2D eigenvalue weighted by atomic mass is 10.3. The summed E-state index contributed by atoms with van der Waals surface area (Å²) in [6, 6.07) is 0. The molecule has 0 fully saturated rings. The van der Waals surface area contributed by atoms with E-state index in [0.717, 1.165) is 6.08 Å². The first-order valence-electron chi connectivity index (χ1n) is 2.71. The quantitative estimate of drug-likeness (QED) is 0.524. The molecule has 0 aromatic heterocycles. The predicted molar refractivity (Wildman–Crippen MR) is 35.5 cm³/mol. The maximum absolute atomic E-state index is 10.5. The van der Waals surface area contributed by atoms with Crippen LogP contribution in [0.1, 0.15) is 6.92 Å². The molecule has 0 saturated carbocycles. The minimum absolute atomic E-state index is 0.0272. The van der Waals surface area contributed by atoms with Crippen molar-refractivity contribution in [3.05, 3.63) is 11.6 Å². The first-order chi connectivity index (χ1) is 4.57. The van der Waals surface area contributed by atoms with Gasteiger partial charge in [-0.25, -0.2) is 4.79 Å². The van der Waals surface area contributed by atoms with Crippen molar-refractivity contribution in [2.24, 2.45) is 0 Å². The predicted octanol–water partition coefficient (Wildman–Crippen LogP) is -0.237. The zero-order valence-corrected chi connectivity index (χ0v) is 5.84. The third kappa shape index (κ3) is 2.86. The lowest BCUT2D eigenvalue weighted by Gasteiger charge is -1.91. The van der Waals surface area contributed by atoms with Crippen LogP contribution in [-0.4, -0.2) is 24.0 Å². The molecule has 0 aromatic carbocycles. The average Bonchev–Trinajstić information content (AvgIpc) is 1.87. The summed E-state index contributed by atoms with van der Waals surface area (Å²) < 4.78 is 0. The molecule has 56 valence electrons. The Labute approximate surface area is 58.5 Å². The van der Waals surface area contributed by atoms with Crippen LogP contribution >= 0.6 is 0 Å². The highest BCUT2D eigenvalue weighted by Gasteiger charge is 2.00. The standard InChI is InChI=1S/C6H9NO3/c1-4(6(9)10)3-5(8)7-2/h3H,1-2H3,(H,7,8)(H,9,10). The Morgan fingerprint density at radius 2 is 2.00 bits per heavy atom. The van der Waals surface area contributed by atoms with Crippen LogP contribution in [0.4, 0.5) is 0 Å². The van der Waals surface area contributed by atoms with Gasteiger partial charge in [-0.05, 0) is 6.92 Å². The van der Waals surface area contributed by atoms with Crippen molar-refractivity contribution in [3.63, 3.8) is 0 Å². The number of hydrogen-bond acceptors (Lipinski definition) is 2. The summed E-state index contributed by atoms with van der Waals surface area (Å²) in [7, 11) is 1.44. The van der Waals surface area contributed by atoms with E-state index in [-0.39, 0.29) is 5.57 Å². The van der Waals surface area contributed by atoms with E-state index in [1.165, 1.54) is 14.0 Å². The van der Waals surface area contributed by atoms with Crippen LogP contribution in [0.25, 0.3) is 0 Å². The topological polar surface area (TPSA) is 66.4 Å². The number of carbonyl (C=O) groups is 2. The van der Waals surface area contributed by atoms with E-state index in [2.05, 4.69) is 5.32 Å². The fraction of sp³-hybridized carbons (Fsp3) is 0.333. The largest absolute Gasteiger partial charge is 0.478 e. The smallest absolute Gasteiger partial charge is 0.331 e. The Kier molecular flexibility index (Phi) is 3.17. The molecule has 1 amide bonds. The van der Waals surface area contributed by atoms with Gasteiger partial charge in [0.2, 0.25) is 5.91 Å². The third-order valence-corrected chi connectivity index (χ3v) is 0.931. The lowest BCUT2D eigenvalue weighted by molar-refractivity contribution is -0.133. The summed E-state index contributed by atoms with van der Waals surface area (Å²) in [6.45, 7) is 1.36. The molecule has 0 heterocycles. The Morgan fingerprint density at radius 1 is 1.50 bits per heavy atom. The monoisotopic (exact) mass is 143 g/mol. The van der Waals surface area contributed by atoms with Gasteiger partial charge in [0.1, 0.15) is 0 Å². The van der Waals surface area contributed by atoms with Gasteiger partial charge in [-0.3, -0.25) is 4.79 Å². The number of carboxylic acid groups (broad SMARTS) is 1. The zero-order valence-electron chi connectivity index (χ0n) is 5.84. The van der Waals surface area contributed by atoms with E-state index in [4.69, 9.17) is 5.11 Å². The van der Waals surface area contributed by atoms with Crippen LogP contribution in [0.15, 0.2) is 11.6 Å². The minimum atomic E-state index is -1.08. The molecular formula is C6H9NO3. The molecule has 0 atom stereocenters. The van der Waals surface area contributed by atoms with Crippen molar-refractivity contribution in [2.75, 3.05) is 7.05 Å². The van der Waals surface area contributed by atoms with E-state index in [0.29, 0.717) is 0 Å². The van der Waals surface area contributed by atoms with Crippen molar-refractivity contribution in [3.8, 4) is 0 Å². The summed E-state index contributed by atoms with van der Waals surface area (Å²) in [6.07, 6.45) is 1.03. The summed E-state index contributed by atoms with van der Waals surface area (Å²) in [5, 5.41) is 10.6. The van der Waals surface area contributed by atoms with Crippen LogP contribution in [0.3, 0.4) is 0 Å². The number of nitrogens with one attached hydrogen (secondary N) is 1. The molecule has 0 bridgehead atoms. The molecule has 0 aliphatic carbocycles. The molecule has 2 N–H and O–H groups in total. The van der Waals surface area contributed by atoms with Crippen LogP contribution in [0, 0.1) is 0 Å². The SMILES string of the molecule is CNC(=O)C=C(C)C(=O)O. The molecule has 4 nitrogen and oxygen atoms in total. The summed E-state index contributed by atoms with van der Waals surface area (Å²) in [5.41, 5.74) is 0.0272. The number of carboxylic acids is 1. The molecule has 0 aromatic rings. The summed E-state index contributed by atoms with van der Waals surface area (Å²) in [4.78, 5) is 20.6. The number of hydrogen-bond donors (Lipinski definition) is 2. The van der Waals surface area contributed by atoms with Gasteiger partial charge in [-0.15, -0.1) is 0 Å². The molecule has 0 saturated heterocycles. The molecule has 4 heteroatoms. The van der Waals surface area contributed by atoms with Crippen molar-refractivity contribution >= 4 is 11.9 Å². The Balaban J connectivity index is 4.16. The number of aliphatic carboxylic acids is 1. The second-order valence-corrected chi connectivity index (χ2v) is 1.75. The minimum Gasteiger partial charge on any atom is -0.478 e. The van der Waals surface area contributed by atoms with Gasteiger partial charge in [0.25, 0.3) is 0 Å². The molecule has 0 unspecified atom stereocenters. The van der Waals surface area contributed by atoms with Crippen LogP contribution in [0.2, 0.25) is 0 Å².